The minimum absolute atomic E-state index is 0.116. The first kappa shape index (κ1) is 43.1. The van der Waals surface area contributed by atoms with Crippen LogP contribution in [0.25, 0.3) is 21.8 Å². The highest BCUT2D eigenvalue weighted by molar-refractivity contribution is 5.99. The van der Waals surface area contributed by atoms with Gasteiger partial charge in [0.15, 0.2) is 0 Å². The number of para-hydroxylation sites is 2. The van der Waals surface area contributed by atoms with E-state index < -0.39 is 60.0 Å². The summed E-state index contributed by atoms with van der Waals surface area (Å²) in [6, 6.07) is 35.8. The van der Waals surface area contributed by atoms with E-state index in [0.29, 0.717) is 11.0 Å². The number of aliphatic hydroxyl groups is 2. The number of hydrogen-bond donors (Lipinski definition) is 6. The van der Waals surface area contributed by atoms with Gasteiger partial charge in [0.2, 0.25) is 11.8 Å². The lowest BCUT2D eigenvalue weighted by Gasteiger charge is -2.35. The van der Waals surface area contributed by atoms with Crippen molar-refractivity contribution in [2.75, 3.05) is 0 Å². The smallest absolute Gasteiger partial charge is 0.270 e. The number of carbonyl (C=O) groups excluding carboxylic acids is 4. The molecule has 6 N–H and O–H groups in total. The van der Waals surface area contributed by atoms with Gasteiger partial charge in [-0.3, -0.25) is 19.2 Å². The minimum atomic E-state index is -1.61. The highest BCUT2D eigenvalue weighted by Crippen LogP contribution is 2.18. The number of nitrogens with one attached hydrogen (secondary N) is 4. The molecule has 2 heterocycles. The van der Waals surface area contributed by atoms with Crippen LogP contribution in [0, 0.1) is 11.8 Å². The zero-order valence-electron chi connectivity index (χ0n) is 34.2. The second kappa shape index (κ2) is 20.0. The van der Waals surface area contributed by atoms with Crippen molar-refractivity contribution in [3.63, 3.8) is 0 Å². The molecule has 4 aromatic carbocycles. The topological polar surface area (TPSA) is 183 Å². The average Bonchev–Trinajstić information content (AvgIpc) is 3.26. The number of fused-ring (bicyclic) bond motifs is 2. The Kier molecular flexibility index (Phi) is 14.3. The second-order valence-electron chi connectivity index (χ2n) is 15.8. The zero-order chi connectivity index (χ0) is 42.8. The first-order valence-electron chi connectivity index (χ1n) is 20.3. The summed E-state index contributed by atoms with van der Waals surface area (Å²) in [7, 11) is 0. The molecule has 0 aliphatic carbocycles. The van der Waals surface area contributed by atoms with Crippen LogP contribution in [0.15, 0.2) is 133 Å². The van der Waals surface area contributed by atoms with Crippen molar-refractivity contribution in [2.45, 2.75) is 76.9 Å². The number of rotatable bonds is 17. The van der Waals surface area contributed by atoms with Crippen LogP contribution in [0.1, 0.15) is 59.8 Å². The number of aromatic nitrogens is 2. The van der Waals surface area contributed by atoms with Gasteiger partial charge in [0.1, 0.15) is 35.7 Å². The number of hydrogen-bond acceptors (Lipinski definition) is 8. The fourth-order valence-corrected chi connectivity index (χ4v) is 7.16. The number of amides is 4. The van der Waals surface area contributed by atoms with Crippen LogP contribution >= 0.6 is 0 Å². The van der Waals surface area contributed by atoms with Crippen LogP contribution in [0.5, 0.6) is 0 Å². The van der Waals surface area contributed by atoms with Crippen molar-refractivity contribution < 1.29 is 29.4 Å². The summed E-state index contributed by atoms with van der Waals surface area (Å²) in [5, 5.41) is 37.4. The van der Waals surface area contributed by atoms with Gasteiger partial charge in [0.05, 0.1) is 23.1 Å². The summed E-state index contributed by atoms with van der Waals surface area (Å²) in [5.41, 5.74) is 3.11. The van der Waals surface area contributed by atoms with Crippen LogP contribution in [0.4, 0.5) is 0 Å². The number of benzene rings is 4. The van der Waals surface area contributed by atoms with E-state index in [0.717, 1.165) is 21.9 Å². The third kappa shape index (κ3) is 11.0. The third-order valence-electron chi connectivity index (χ3n) is 10.6. The normalized spacial score (nSPS) is 14.5. The predicted molar refractivity (Wildman–Crippen MR) is 232 cm³/mol. The fraction of sp³-hybridized carbons (Fsp3) is 0.292. The van der Waals surface area contributed by atoms with Gasteiger partial charge in [0.25, 0.3) is 11.8 Å². The van der Waals surface area contributed by atoms with Gasteiger partial charge in [-0.25, -0.2) is 9.97 Å². The largest absolute Gasteiger partial charge is 0.388 e. The third-order valence-corrected chi connectivity index (χ3v) is 10.6. The van der Waals surface area contributed by atoms with E-state index in [-0.39, 0.29) is 36.1 Å². The summed E-state index contributed by atoms with van der Waals surface area (Å²) >= 11 is 0. The predicted octanol–water partition coefficient (Wildman–Crippen LogP) is 5.17. The highest BCUT2D eigenvalue weighted by Gasteiger charge is 2.38. The SMILES string of the molecule is CC(C)[C@H](NC(=O)c1ccc2ccccc2n1)C(=O)N[C@@H](Cc1ccccc1)[C@@H](O)[C@H](O)[C@H](Cc1ccccc1)NC(=O)[C@@H](NC(=O)c1ccc2ccccc2n1)C(C)C. The lowest BCUT2D eigenvalue weighted by Crippen LogP contribution is -2.61. The Morgan fingerprint density at radius 3 is 1.18 bits per heavy atom. The van der Waals surface area contributed by atoms with Crippen molar-refractivity contribution in [3.8, 4) is 0 Å². The maximum atomic E-state index is 14.1. The maximum Gasteiger partial charge on any atom is 0.270 e. The van der Waals surface area contributed by atoms with Crippen molar-refractivity contribution in [1.29, 1.82) is 0 Å². The molecule has 0 spiro atoms. The zero-order valence-corrected chi connectivity index (χ0v) is 34.2. The number of pyridine rings is 2. The molecule has 60 heavy (non-hydrogen) atoms. The van der Waals surface area contributed by atoms with Gasteiger partial charge in [-0.15, -0.1) is 0 Å². The monoisotopic (exact) mass is 808 g/mol. The second-order valence-corrected chi connectivity index (χ2v) is 15.8. The molecule has 6 atom stereocenters. The van der Waals surface area contributed by atoms with Crippen LogP contribution in [0.3, 0.4) is 0 Å². The summed E-state index contributed by atoms with van der Waals surface area (Å²) in [6.07, 6.45) is -2.98. The van der Waals surface area contributed by atoms with Gasteiger partial charge in [0, 0.05) is 10.8 Å². The van der Waals surface area contributed by atoms with E-state index in [9.17, 15) is 29.4 Å². The van der Waals surface area contributed by atoms with Crippen molar-refractivity contribution in [2.24, 2.45) is 11.8 Å². The molecule has 6 rings (SSSR count). The molecular weight excluding hydrogens is 757 g/mol. The van der Waals surface area contributed by atoms with Crippen LogP contribution < -0.4 is 21.3 Å². The summed E-state index contributed by atoms with van der Waals surface area (Å²) in [4.78, 5) is 64.2. The van der Waals surface area contributed by atoms with E-state index in [4.69, 9.17) is 0 Å². The molecule has 0 radical (unpaired) electrons. The molecule has 0 aliphatic heterocycles. The Hall–Kier alpha value is -6.50. The Labute approximate surface area is 349 Å². The van der Waals surface area contributed by atoms with E-state index in [2.05, 4.69) is 31.2 Å². The van der Waals surface area contributed by atoms with E-state index in [1.54, 1.807) is 64.1 Å². The molecular formula is C48H52N6O6. The lowest BCUT2D eigenvalue weighted by molar-refractivity contribution is -0.129. The Balaban J connectivity index is 1.23. The summed E-state index contributed by atoms with van der Waals surface area (Å²) in [5.74, 6) is -2.95. The van der Waals surface area contributed by atoms with Gasteiger partial charge in [-0.2, -0.15) is 0 Å². The van der Waals surface area contributed by atoms with Crippen molar-refractivity contribution in [1.82, 2.24) is 31.2 Å². The molecule has 0 unspecified atom stereocenters. The molecule has 0 saturated carbocycles. The molecule has 2 aromatic heterocycles. The molecule has 0 bridgehead atoms. The van der Waals surface area contributed by atoms with Crippen LogP contribution in [-0.4, -0.2) is 80.2 Å². The van der Waals surface area contributed by atoms with Crippen LogP contribution in [-0.2, 0) is 22.4 Å². The molecule has 12 nitrogen and oxygen atoms in total. The Morgan fingerprint density at radius 2 is 0.817 bits per heavy atom. The number of nitrogens with zero attached hydrogens (tertiary/aromatic N) is 2. The Bertz CT molecular complexity index is 2240. The van der Waals surface area contributed by atoms with Crippen LogP contribution in [0.2, 0.25) is 0 Å². The number of carbonyl (C=O) groups is 4. The standard InChI is InChI=1S/C48H52N6O6/c1-29(2)41(53-45(57)37-25-23-33-19-11-13-21-35(33)49-37)47(59)51-39(27-31-15-7-5-8-16-31)43(55)44(56)40(28-32-17-9-6-10-18-32)52-48(60)42(30(3)4)54-46(58)38-26-24-34-20-12-14-22-36(34)50-38/h5-26,29-30,39-44,55-56H,27-28H2,1-4H3,(H,51,59)(H,52,60)(H,53,57)(H,54,58)/t39-,40-,41-,42-,43+,44+/m0/s1. The molecule has 0 aliphatic rings. The molecule has 310 valence electrons. The first-order chi connectivity index (χ1) is 28.9. The molecule has 0 saturated heterocycles. The van der Waals surface area contributed by atoms with Gasteiger partial charge >= 0.3 is 0 Å². The summed E-state index contributed by atoms with van der Waals surface area (Å²) in [6.45, 7) is 7.17. The van der Waals surface area contributed by atoms with Gasteiger partial charge in [-0.1, -0.05) is 137 Å². The summed E-state index contributed by atoms with van der Waals surface area (Å²) < 4.78 is 0. The number of aliphatic hydroxyl groups excluding tert-OH is 2. The Morgan fingerprint density at radius 1 is 0.467 bits per heavy atom. The molecule has 4 amide bonds. The maximum absolute atomic E-state index is 14.1. The quantitative estimate of drug-likeness (QED) is 0.0730. The fourth-order valence-electron chi connectivity index (χ4n) is 7.16. The van der Waals surface area contributed by atoms with Gasteiger partial charge in [-0.05, 0) is 60.1 Å². The van der Waals surface area contributed by atoms with E-state index in [1.165, 1.54) is 0 Å². The van der Waals surface area contributed by atoms with Crippen molar-refractivity contribution in [3.05, 3.63) is 156 Å². The minimum Gasteiger partial charge on any atom is -0.388 e. The molecule has 0 fully saturated rings. The highest BCUT2D eigenvalue weighted by atomic mass is 16.3. The lowest BCUT2D eigenvalue weighted by atomic mass is 9.90. The average molecular weight is 809 g/mol. The molecule has 6 aromatic rings. The first-order valence-corrected chi connectivity index (χ1v) is 20.3. The van der Waals surface area contributed by atoms with E-state index >= 15 is 0 Å². The van der Waals surface area contributed by atoms with E-state index in [1.807, 2.05) is 97.1 Å². The molecule has 12 heteroatoms. The van der Waals surface area contributed by atoms with Gasteiger partial charge < -0.3 is 31.5 Å². The van der Waals surface area contributed by atoms with Crippen molar-refractivity contribution >= 4 is 45.4 Å².